The van der Waals surface area contributed by atoms with Crippen LogP contribution in [0.2, 0.25) is 0 Å². The van der Waals surface area contributed by atoms with Crippen molar-refractivity contribution < 1.29 is 9.21 Å². The molecule has 0 saturated heterocycles. The fraction of sp³-hybridized carbons (Fsp3) is 0.294. The summed E-state index contributed by atoms with van der Waals surface area (Å²) >= 11 is 1.61. The van der Waals surface area contributed by atoms with Gasteiger partial charge in [0, 0.05) is 12.3 Å². The van der Waals surface area contributed by atoms with Gasteiger partial charge in [0.15, 0.2) is 10.9 Å². The van der Waals surface area contributed by atoms with E-state index in [1.807, 2.05) is 0 Å². The molecule has 0 fully saturated rings. The number of thioether (sulfide) groups is 1. The van der Waals surface area contributed by atoms with Crippen molar-refractivity contribution in [2.75, 3.05) is 13.1 Å². The van der Waals surface area contributed by atoms with Gasteiger partial charge in [-0.05, 0) is 37.1 Å². The molecule has 2 heterocycles. The third kappa shape index (κ3) is 3.09. The van der Waals surface area contributed by atoms with Crippen LogP contribution in [0.25, 0.3) is 0 Å². The number of amides is 1. The number of rotatable bonds is 3. The fourth-order valence-corrected chi connectivity index (χ4v) is 3.48. The van der Waals surface area contributed by atoms with Crippen LogP contribution in [-0.4, -0.2) is 29.1 Å². The maximum atomic E-state index is 12.4. The number of carbonyl (C=O) groups excluding carboxylic acids is 1. The molecule has 0 unspecified atom stereocenters. The van der Waals surface area contributed by atoms with Gasteiger partial charge in [0.2, 0.25) is 0 Å². The Balaban J connectivity index is 1.69. The van der Waals surface area contributed by atoms with Crippen LogP contribution in [0.15, 0.2) is 46.0 Å². The zero-order valence-electron chi connectivity index (χ0n) is 12.7. The van der Waals surface area contributed by atoms with Crippen LogP contribution in [0.3, 0.4) is 0 Å². The average molecular weight is 314 g/mol. The number of aryl methyl sites for hydroxylation is 2. The summed E-state index contributed by atoms with van der Waals surface area (Å²) in [5.74, 6) is 1.06. The molecule has 0 radical (unpaired) electrons. The summed E-state index contributed by atoms with van der Waals surface area (Å²) in [6, 6.07) is 9.85. The van der Waals surface area contributed by atoms with Gasteiger partial charge in [-0.15, -0.1) is 0 Å². The van der Waals surface area contributed by atoms with Crippen LogP contribution in [-0.2, 0) is 5.75 Å². The number of aliphatic imine (C=N–C) groups is 1. The number of furan rings is 1. The lowest BCUT2D eigenvalue weighted by Gasteiger charge is -2.16. The van der Waals surface area contributed by atoms with Gasteiger partial charge < -0.3 is 4.42 Å². The van der Waals surface area contributed by atoms with E-state index in [0.29, 0.717) is 18.8 Å². The first kappa shape index (κ1) is 14.9. The van der Waals surface area contributed by atoms with E-state index < -0.39 is 0 Å². The van der Waals surface area contributed by atoms with Crippen molar-refractivity contribution in [1.82, 2.24) is 4.90 Å². The molecule has 22 heavy (non-hydrogen) atoms. The van der Waals surface area contributed by atoms with E-state index in [1.165, 1.54) is 23.0 Å². The van der Waals surface area contributed by atoms with Crippen molar-refractivity contribution in [1.29, 1.82) is 0 Å². The summed E-state index contributed by atoms with van der Waals surface area (Å²) in [5.41, 5.74) is 3.80. The first-order chi connectivity index (χ1) is 10.6. The number of hydrogen-bond acceptors (Lipinski definition) is 4. The van der Waals surface area contributed by atoms with Crippen molar-refractivity contribution in [3.63, 3.8) is 0 Å². The lowest BCUT2D eigenvalue weighted by molar-refractivity contribution is 0.0830. The van der Waals surface area contributed by atoms with Crippen molar-refractivity contribution in [3.05, 3.63) is 59.0 Å². The number of amidine groups is 1. The highest BCUT2D eigenvalue weighted by molar-refractivity contribution is 8.13. The average Bonchev–Trinajstić information content (AvgIpc) is 3.18. The number of carbonyl (C=O) groups is 1. The smallest absolute Gasteiger partial charge is 0.295 e. The van der Waals surface area contributed by atoms with Gasteiger partial charge in [-0.2, -0.15) is 0 Å². The first-order valence-electron chi connectivity index (χ1n) is 7.24. The van der Waals surface area contributed by atoms with Crippen LogP contribution < -0.4 is 0 Å². The third-order valence-corrected chi connectivity index (χ3v) is 4.70. The monoisotopic (exact) mass is 314 g/mol. The molecule has 114 valence electrons. The molecule has 0 bridgehead atoms. The molecule has 1 aliphatic rings. The summed E-state index contributed by atoms with van der Waals surface area (Å²) in [7, 11) is 0. The summed E-state index contributed by atoms with van der Waals surface area (Å²) in [6.07, 6.45) is 1.52. The molecule has 1 aromatic carbocycles. The van der Waals surface area contributed by atoms with Gasteiger partial charge in [-0.25, -0.2) is 0 Å². The second kappa shape index (κ2) is 6.40. The molecule has 1 amide bonds. The maximum absolute atomic E-state index is 12.4. The second-order valence-corrected chi connectivity index (χ2v) is 6.26. The minimum atomic E-state index is -0.116. The Hall–Kier alpha value is -2.01. The first-order valence-corrected chi connectivity index (χ1v) is 8.22. The highest BCUT2D eigenvalue weighted by Crippen LogP contribution is 2.23. The molecular weight excluding hydrogens is 296 g/mol. The molecule has 0 spiro atoms. The maximum Gasteiger partial charge on any atom is 0.295 e. The Bertz CT molecular complexity index is 707. The van der Waals surface area contributed by atoms with E-state index in [0.717, 1.165) is 10.9 Å². The molecule has 1 aliphatic heterocycles. The highest BCUT2D eigenvalue weighted by atomic mass is 32.2. The molecule has 0 N–H and O–H groups in total. The Kier molecular flexibility index (Phi) is 4.34. The van der Waals surface area contributed by atoms with Crippen molar-refractivity contribution in [3.8, 4) is 0 Å². The fourth-order valence-electron chi connectivity index (χ4n) is 2.37. The normalized spacial score (nSPS) is 14.3. The predicted molar refractivity (Wildman–Crippen MR) is 89.3 cm³/mol. The number of nitrogens with zero attached hydrogens (tertiary/aromatic N) is 2. The number of hydrogen-bond donors (Lipinski definition) is 0. The molecule has 3 rings (SSSR count). The van der Waals surface area contributed by atoms with Crippen molar-refractivity contribution >= 4 is 22.8 Å². The van der Waals surface area contributed by atoms with Gasteiger partial charge in [-0.1, -0.05) is 35.5 Å². The van der Waals surface area contributed by atoms with Gasteiger partial charge in [0.05, 0.1) is 12.8 Å². The Morgan fingerprint density at radius 1 is 1.36 bits per heavy atom. The Morgan fingerprint density at radius 2 is 2.23 bits per heavy atom. The van der Waals surface area contributed by atoms with Crippen LogP contribution in [0.5, 0.6) is 0 Å². The largest absolute Gasteiger partial charge is 0.459 e. The van der Waals surface area contributed by atoms with Gasteiger partial charge in [0.1, 0.15) is 0 Å². The van der Waals surface area contributed by atoms with E-state index in [-0.39, 0.29) is 5.91 Å². The van der Waals surface area contributed by atoms with Crippen molar-refractivity contribution in [2.45, 2.75) is 19.6 Å². The van der Waals surface area contributed by atoms with E-state index in [4.69, 9.17) is 4.42 Å². The molecule has 0 aliphatic carbocycles. The molecule has 0 saturated carbocycles. The minimum Gasteiger partial charge on any atom is -0.459 e. The Labute approximate surface area is 134 Å². The summed E-state index contributed by atoms with van der Waals surface area (Å²) in [6.45, 7) is 5.47. The number of benzene rings is 1. The summed E-state index contributed by atoms with van der Waals surface area (Å²) in [4.78, 5) is 18.6. The summed E-state index contributed by atoms with van der Waals surface area (Å²) in [5, 5.41) is 0.780. The second-order valence-electron chi connectivity index (χ2n) is 5.32. The molecule has 1 aromatic heterocycles. The van der Waals surface area contributed by atoms with E-state index >= 15 is 0 Å². The van der Waals surface area contributed by atoms with E-state index in [1.54, 1.807) is 28.8 Å². The summed E-state index contributed by atoms with van der Waals surface area (Å²) < 4.78 is 5.20. The van der Waals surface area contributed by atoms with E-state index in [9.17, 15) is 4.79 Å². The van der Waals surface area contributed by atoms with Crippen LogP contribution in [0.1, 0.15) is 27.2 Å². The van der Waals surface area contributed by atoms with Gasteiger partial charge >= 0.3 is 0 Å². The van der Waals surface area contributed by atoms with Crippen LogP contribution in [0, 0.1) is 13.8 Å². The van der Waals surface area contributed by atoms with Gasteiger partial charge in [0.25, 0.3) is 5.91 Å². The predicted octanol–water partition coefficient (Wildman–Crippen LogP) is 3.64. The molecule has 5 heteroatoms. The van der Waals surface area contributed by atoms with E-state index in [2.05, 4.69) is 37.0 Å². The highest BCUT2D eigenvalue weighted by Gasteiger charge is 2.26. The third-order valence-electron chi connectivity index (χ3n) is 3.64. The van der Waals surface area contributed by atoms with Crippen LogP contribution in [0.4, 0.5) is 0 Å². The molecule has 0 atom stereocenters. The van der Waals surface area contributed by atoms with Crippen molar-refractivity contribution in [2.24, 2.45) is 4.99 Å². The van der Waals surface area contributed by atoms with Gasteiger partial charge in [-0.3, -0.25) is 14.7 Å². The molecule has 2 aromatic rings. The van der Waals surface area contributed by atoms with Crippen LogP contribution >= 0.6 is 11.8 Å². The zero-order chi connectivity index (χ0) is 15.5. The molecule has 4 nitrogen and oxygen atoms in total. The standard InChI is InChI=1S/C17H18N2O2S/c1-12-5-6-13(2)14(10-12)11-22-17-18-7-8-19(17)16(20)15-4-3-9-21-15/h3-6,9-10H,7-8,11H2,1-2H3. The topological polar surface area (TPSA) is 45.8 Å². The lowest BCUT2D eigenvalue weighted by atomic mass is 10.1. The quantitative estimate of drug-likeness (QED) is 0.869. The SMILES string of the molecule is Cc1ccc(C)c(CSC2=NCCN2C(=O)c2ccco2)c1. The zero-order valence-corrected chi connectivity index (χ0v) is 13.5. The molecular formula is C17H18N2O2S. The lowest BCUT2D eigenvalue weighted by Crippen LogP contribution is -2.32. The Morgan fingerprint density at radius 3 is 3.00 bits per heavy atom. The minimum absolute atomic E-state index is 0.116.